The molecule has 96 valence electrons. The lowest BCUT2D eigenvalue weighted by atomic mass is 10.1. The minimum atomic E-state index is 0.207. The number of hydrogen-bond donors (Lipinski definition) is 0. The van der Waals surface area contributed by atoms with Crippen molar-refractivity contribution in [1.29, 1.82) is 0 Å². The summed E-state index contributed by atoms with van der Waals surface area (Å²) in [6, 6.07) is 13.3. The molecule has 0 spiro atoms. The SMILES string of the molecule is O=C1CCc2ccc(OCc3ccccc3Cl)cc21. The number of ether oxygens (including phenoxy) is 1. The third kappa shape index (κ3) is 2.49. The smallest absolute Gasteiger partial charge is 0.163 e. The first-order valence-corrected chi connectivity index (χ1v) is 6.64. The second-order valence-electron chi connectivity index (χ2n) is 4.62. The molecule has 2 aromatic rings. The Labute approximate surface area is 117 Å². The van der Waals surface area contributed by atoms with Crippen LogP contribution in [0.15, 0.2) is 42.5 Å². The fourth-order valence-electron chi connectivity index (χ4n) is 2.28. The van der Waals surface area contributed by atoms with Gasteiger partial charge in [0.05, 0.1) is 0 Å². The maximum Gasteiger partial charge on any atom is 0.163 e. The van der Waals surface area contributed by atoms with E-state index in [0.29, 0.717) is 23.8 Å². The molecule has 0 saturated carbocycles. The Kier molecular flexibility index (Phi) is 3.26. The molecule has 0 fully saturated rings. The molecular weight excluding hydrogens is 260 g/mol. The Balaban J connectivity index is 1.76. The van der Waals surface area contributed by atoms with Crippen molar-refractivity contribution in [3.05, 3.63) is 64.2 Å². The summed E-state index contributed by atoms with van der Waals surface area (Å²) in [6.45, 7) is 0.409. The second kappa shape index (κ2) is 5.06. The van der Waals surface area contributed by atoms with Crippen molar-refractivity contribution in [2.45, 2.75) is 19.4 Å². The quantitative estimate of drug-likeness (QED) is 0.843. The standard InChI is InChI=1S/C16H13ClO2/c17-15-4-2-1-3-12(15)10-19-13-7-5-11-6-8-16(18)14(11)9-13/h1-5,7,9H,6,8,10H2. The Bertz CT molecular complexity index is 634. The fourth-order valence-corrected chi connectivity index (χ4v) is 2.47. The van der Waals surface area contributed by atoms with Gasteiger partial charge in [0.15, 0.2) is 5.78 Å². The van der Waals surface area contributed by atoms with Crippen LogP contribution in [0.2, 0.25) is 5.02 Å². The molecule has 0 unspecified atom stereocenters. The minimum Gasteiger partial charge on any atom is -0.489 e. The molecule has 19 heavy (non-hydrogen) atoms. The minimum absolute atomic E-state index is 0.207. The lowest BCUT2D eigenvalue weighted by Crippen LogP contribution is -1.98. The maximum atomic E-state index is 11.7. The molecule has 3 heteroatoms. The number of rotatable bonds is 3. The summed E-state index contributed by atoms with van der Waals surface area (Å²) in [5.41, 5.74) is 2.86. The zero-order chi connectivity index (χ0) is 13.2. The number of benzene rings is 2. The molecule has 1 aliphatic carbocycles. The summed E-state index contributed by atoms with van der Waals surface area (Å²) >= 11 is 6.07. The molecule has 2 aromatic carbocycles. The van der Waals surface area contributed by atoms with Gasteiger partial charge >= 0.3 is 0 Å². The van der Waals surface area contributed by atoms with Gasteiger partial charge in [-0.05, 0) is 30.2 Å². The van der Waals surface area contributed by atoms with E-state index < -0.39 is 0 Å². The molecule has 3 rings (SSSR count). The number of hydrogen-bond acceptors (Lipinski definition) is 2. The van der Waals surface area contributed by atoms with Crippen LogP contribution in [-0.2, 0) is 13.0 Å². The summed E-state index contributed by atoms with van der Waals surface area (Å²) in [5, 5.41) is 0.694. The van der Waals surface area contributed by atoms with Crippen LogP contribution >= 0.6 is 11.6 Å². The van der Waals surface area contributed by atoms with E-state index in [1.807, 2.05) is 42.5 Å². The van der Waals surface area contributed by atoms with E-state index in [2.05, 4.69) is 0 Å². The summed E-state index contributed by atoms with van der Waals surface area (Å²) in [6.07, 6.45) is 1.46. The first-order valence-electron chi connectivity index (χ1n) is 6.26. The average Bonchev–Trinajstić information content (AvgIpc) is 2.79. The van der Waals surface area contributed by atoms with E-state index in [9.17, 15) is 4.79 Å². The molecule has 0 saturated heterocycles. The highest BCUT2D eigenvalue weighted by Crippen LogP contribution is 2.27. The van der Waals surface area contributed by atoms with Crippen LogP contribution in [-0.4, -0.2) is 5.78 Å². The second-order valence-corrected chi connectivity index (χ2v) is 5.03. The van der Waals surface area contributed by atoms with Crippen LogP contribution in [0, 0.1) is 0 Å². The Morgan fingerprint density at radius 1 is 1.11 bits per heavy atom. The van der Waals surface area contributed by atoms with Crippen molar-refractivity contribution in [3.8, 4) is 5.75 Å². The predicted molar refractivity (Wildman–Crippen MR) is 74.9 cm³/mol. The summed E-state index contributed by atoms with van der Waals surface area (Å²) in [4.78, 5) is 11.7. The number of aryl methyl sites for hydroxylation is 1. The van der Waals surface area contributed by atoms with Crippen LogP contribution in [0.5, 0.6) is 5.75 Å². The Hall–Kier alpha value is -1.80. The summed E-state index contributed by atoms with van der Waals surface area (Å²) < 4.78 is 5.71. The van der Waals surface area contributed by atoms with Gasteiger partial charge in [0.2, 0.25) is 0 Å². The first-order chi connectivity index (χ1) is 9.24. The monoisotopic (exact) mass is 272 g/mol. The van der Waals surface area contributed by atoms with Crippen molar-refractivity contribution in [2.75, 3.05) is 0 Å². The summed E-state index contributed by atoms with van der Waals surface area (Å²) in [7, 11) is 0. The lowest BCUT2D eigenvalue weighted by Gasteiger charge is -2.09. The number of carbonyl (C=O) groups is 1. The first kappa shape index (κ1) is 12.2. The van der Waals surface area contributed by atoms with Crippen LogP contribution < -0.4 is 4.74 Å². The van der Waals surface area contributed by atoms with Crippen molar-refractivity contribution in [1.82, 2.24) is 0 Å². The zero-order valence-electron chi connectivity index (χ0n) is 10.4. The highest BCUT2D eigenvalue weighted by atomic mass is 35.5. The number of fused-ring (bicyclic) bond motifs is 1. The van der Waals surface area contributed by atoms with Crippen LogP contribution in [0.1, 0.15) is 27.9 Å². The van der Waals surface area contributed by atoms with E-state index in [-0.39, 0.29) is 5.78 Å². The average molecular weight is 273 g/mol. The highest BCUT2D eigenvalue weighted by molar-refractivity contribution is 6.31. The Morgan fingerprint density at radius 2 is 1.95 bits per heavy atom. The predicted octanol–water partition coefficient (Wildman–Crippen LogP) is 4.05. The molecule has 0 atom stereocenters. The Morgan fingerprint density at radius 3 is 2.79 bits per heavy atom. The van der Waals surface area contributed by atoms with E-state index >= 15 is 0 Å². The van der Waals surface area contributed by atoms with Crippen molar-refractivity contribution in [2.24, 2.45) is 0 Å². The highest BCUT2D eigenvalue weighted by Gasteiger charge is 2.19. The van der Waals surface area contributed by atoms with Gasteiger partial charge in [-0.25, -0.2) is 0 Å². The largest absolute Gasteiger partial charge is 0.489 e. The number of carbonyl (C=O) groups excluding carboxylic acids is 1. The van der Waals surface area contributed by atoms with Gasteiger partial charge in [0.1, 0.15) is 12.4 Å². The molecule has 0 heterocycles. The molecule has 0 radical (unpaired) electrons. The van der Waals surface area contributed by atoms with Crippen molar-refractivity contribution < 1.29 is 9.53 Å². The summed E-state index contributed by atoms with van der Waals surface area (Å²) in [5.74, 6) is 0.923. The van der Waals surface area contributed by atoms with Crippen molar-refractivity contribution in [3.63, 3.8) is 0 Å². The number of ketones is 1. The van der Waals surface area contributed by atoms with Gasteiger partial charge in [-0.3, -0.25) is 4.79 Å². The van der Waals surface area contributed by atoms with Crippen LogP contribution in [0.4, 0.5) is 0 Å². The molecule has 0 aliphatic heterocycles. The number of halogens is 1. The molecule has 1 aliphatic rings. The molecular formula is C16H13ClO2. The lowest BCUT2D eigenvalue weighted by molar-refractivity contribution is 0.0994. The van der Waals surface area contributed by atoms with Gasteiger partial charge in [-0.1, -0.05) is 35.9 Å². The van der Waals surface area contributed by atoms with E-state index in [1.54, 1.807) is 0 Å². The van der Waals surface area contributed by atoms with Gasteiger partial charge < -0.3 is 4.74 Å². The maximum absolute atomic E-state index is 11.7. The van der Waals surface area contributed by atoms with Crippen molar-refractivity contribution >= 4 is 17.4 Å². The molecule has 0 aromatic heterocycles. The van der Waals surface area contributed by atoms with Crippen LogP contribution in [0.25, 0.3) is 0 Å². The zero-order valence-corrected chi connectivity index (χ0v) is 11.1. The number of Topliss-reactive ketones (excluding diaryl/α,β-unsaturated/α-hetero) is 1. The van der Waals surface area contributed by atoms with Gasteiger partial charge in [-0.15, -0.1) is 0 Å². The molecule has 2 nitrogen and oxygen atoms in total. The third-order valence-electron chi connectivity index (χ3n) is 3.36. The molecule has 0 bridgehead atoms. The third-order valence-corrected chi connectivity index (χ3v) is 3.72. The topological polar surface area (TPSA) is 26.3 Å². The normalized spacial score (nSPS) is 13.4. The van der Waals surface area contributed by atoms with Crippen LogP contribution in [0.3, 0.4) is 0 Å². The van der Waals surface area contributed by atoms with Gasteiger partial charge in [0.25, 0.3) is 0 Å². The van der Waals surface area contributed by atoms with E-state index in [1.165, 1.54) is 0 Å². The van der Waals surface area contributed by atoms with Gasteiger partial charge in [0, 0.05) is 22.6 Å². The van der Waals surface area contributed by atoms with Gasteiger partial charge in [-0.2, -0.15) is 0 Å². The molecule has 0 N–H and O–H groups in total. The molecule has 0 amide bonds. The fraction of sp³-hybridized carbons (Fsp3) is 0.188. The van der Waals surface area contributed by atoms with E-state index in [0.717, 1.165) is 23.1 Å². The van der Waals surface area contributed by atoms with E-state index in [4.69, 9.17) is 16.3 Å².